The lowest BCUT2D eigenvalue weighted by molar-refractivity contribution is -0.115. The van der Waals surface area contributed by atoms with Crippen LogP contribution in [0.4, 0.5) is 5.69 Å². The van der Waals surface area contributed by atoms with E-state index in [9.17, 15) is 4.79 Å². The van der Waals surface area contributed by atoms with E-state index >= 15 is 0 Å². The van der Waals surface area contributed by atoms with E-state index in [2.05, 4.69) is 15.6 Å². The molecule has 1 heterocycles. The fourth-order valence-electron chi connectivity index (χ4n) is 1.58. The number of rotatable bonds is 5. The van der Waals surface area contributed by atoms with E-state index in [1.165, 1.54) is 0 Å². The average molecular weight is 276 g/mol. The summed E-state index contributed by atoms with van der Waals surface area (Å²) in [7, 11) is 0. The molecule has 2 rings (SSSR count). The molecule has 98 valence electrons. The maximum absolute atomic E-state index is 11.7. The summed E-state index contributed by atoms with van der Waals surface area (Å²) in [6, 6.07) is 12.7. The third kappa shape index (κ3) is 4.69. The molecule has 0 unspecified atom stereocenters. The van der Waals surface area contributed by atoms with Crippen LogP contribution in [0.1, 0.15) is 5.69 Å². The van der Waals surface area contributed by atoms with Crippen LogP contribution in [0.5, 0.6) is 0 Å². The maximum Gasteiger partial charge on any atom is 0.238 e. The van der Waals surface area contributed by atoms with Gasteiger partial charge in [0.1, 0.15) is 0 Å². The minimum Gasteiger partial charge on any atom is -0.325 e. The predicted octanol–water partition coefficient (Wildman–Crippen LogP) is 2.46. The summed E-state index contributed by atoms with van der Waals surface area (Å²) in [4.78, 5) is 15.8. The van der Waals surface area contributed by atoms with Crippen molar-refractivity contribution < 1.29 is 4.79 Å². The van der Waals surface area contributed by atoms with E-state index in [0.717, 1.165) is 5.69 Å². The second-order valence-electron chi connectivity index (χ2n) is 3.98. The van der Waals surface area contributed by atoms with Crippen LogP contribution >= 0.6 is 11.6 Å². The summed E-state index contributed by atoms with van der Waals surface area (Å²) in [6.45, 7) is 0.785. The molecule has 1 aromatic heterocycles. The minimum atomic E-state index is -0.113. The van der Waals surface area contributed by atoms with Crippen molar-refractivity contribution in [1.82, 2.24) is 10.3 Å². The molecule has 0 aliphatic carbocycles. The van der Waals surface area contributed by atoms with Gasteiger partial charge in [-0.3, -0.25) is 9.78 Å². The monoisotopic (exact) mass is 275 g/mol. The Balaban J connectivity index is 1.76. The number of nitrogens with one attached hydrogen (secondary N) is 2. The Labute approximate surface area is 116 Å². The number of halogens is 1. The van der Waals surface area contributed by atoms with Crippen molar-refractivity contribution >= 4 is 23.2 Å². The van der Waals surface area contributed by atoms with Crippen LogP contribution in [0.25, 0.3) is 0 Å². The molecule has 1 amide bonds. The highest BCUT2D eigenvalue weighted by atomic mass is 35.5. The number of amides is 1. The van der Waals surface area contributed by atoms with Gasteiger partial charge in [0.05, 0.1) is 12.2 Å². The number of pyridine rings is 1. The van der Waals surface area contributed by atoms with Gasteiger partial charge in [0, 0.05) is 23.5 Å². The summed E-state index contributed by atoms with van der Waals surface area (Å²) in [5, 5.41) is 6.39. The number of nitrogens with zero attached hydrogens (tertiary/aromatic N) is 1. The normalized spacial score (nSPS) is 10.2. The standard InChI is InChI=1S/C14H14ClN3O/c15-11-4-3-6-12(8-11)18-14(19)10-16-9-13-5-1-2-7-17-13/h1-8,16H,9-10H2,(H,18,19). The van der Waals surface area contributed by atoms with E-state index in [0.29, 0.717) is 17.3 Å². The number of hydrogen-bond acceptors (Lipinski definition) is 3. The molecule has 1 aromatic carbocycles. The molecular formula is C14H14ClN3O. The van der Waals surface area contributed by atoms with Gasteiger partial charge in [0.15, 0.2) is 0 Å². The van der Waals surface area contributed by atoms with Crippen molar-refractivity contribution in [3.8, 4) is 0 Å². The Kier molecular flexibility index (Phi) is 4.89. The molecule has 0 bridgehead atoms. The van der Waals surface area contributed by atoms with Gasteiger partial charge in [0.25, 0.3) is 0 Å². The summed E-state index contributed by atoms with van der Waals surface area (Å²) in [6.07, 6.45) is 1.73. The molecule has 0 fully saturated rings. The Bertz CT molecular complexity index is 545. The SMILES string of the molecule is O=C(CNCc1ccccn1)Nc1cccc(Cl)c1. The fraction of sp³-hybridized carbons (Fsp3) is 0.143. The van der Waals surface area contributed by atoms with Crippen LogP contribution < -0.4 is 10.6 Å². The van der Waals surface area contributed by atoms with E-state index < -0.39 is 0 Å². The zero-order valence-corrected chi connectivity index (χ0v) is 11.0. The topological polar surface area (TPSA) is 54.0 Å². The second-order valence-corrected chi connectivity index (χ2v) is 4.42. The molecule has 4 nitrogen and oxygen atoms in total. The summed E-state index contributed by atoms with van der Waals surface area (Å²) in [5.41, 5.74) is 1.59. The molecule has 0 aliphatic rings. The second kappa shape index (κ2) is 6.87. The first kappa shape index (κ1) is 13.5. The smallest absolute Gasteiger partial charge is 0.238 e. The van der Waals surface area contributed by atoms with Crippen molar-refractivity contribution in [2.45, 2.75) is 6.54 Å². The van der Waals surface area contributed by atoms with Crippen LogP contribution in [-0.2, 0) is 11.3 Å². The van der Waals surface area contributed by atoms with Gasteiger partial charge >= 0.3 is 0 Å². The van der Waals surface area contributed by atoms with Crippen LogP contribution in [-0.4, -0.2) is 17.4 Å². The molecule has 2 aromatic rings. The Hall–Kier alpha value is -1.91. The summed E-state index contributed by atoms with van der Waals surface area (Å²) in [5.74, 6) is -0.113. The molecule has 5 heteroatoms. The summed E-state index contributed by atoms with van der Waals surface area (Å²) < 4.78 is 0. The average Bonchev–Trinajstić information content (AvgIpc) is 2.40. The molecule has 2 N–H and O–H groups in total. The van der Waals surface area contributed by atoms with Crippen molar-refractivity contribution in [3.63, 3.8) is 0 Å². The van der Waals surface area contributed by atoms with E-state index in [4.69, 9.17) is 11.6 Å². The number of carbonyl (C=O) groups excluding carboxylic acids is 1. The fourth-order valence-corrected chi connectivity index (χ4v) is 1.77. The summed E-state index contributed by atoms with van der Waals surface area (Å²) >= 11 is 5.84. The van der Waals surface area contributed by atoms with Crippen LogP contribution in [0.15, 0.2) is 48.7 Å². The highest BCUT2D eigenvalue weighted by Crippen LogP contribution is 2.14. The lowest BCUT2D eigenvalue weighted by Gasteiger charge is -2.06. The van der Waals surface area contributed by atoms with Crippen molar-refractivity contribution in [3.05, 3.63) is 59.4 Å². The molecule has 0 spiro atoms. The molecule has 0 radical (unpaired) electrons. The largest absolute Gasteiger partial charge is 0.325 e. The lowest BCUT2D eigenvalue weighted by Crippen LogP contribution is -2.27. The zero-order valence-electron chi connectivity index (χ0n) is 10.3. The van der Waals surface area contributed by atoms with Crippen LogP contribution in [0.3, 0.4) is 0 Å². The third-order valence-electron chi connectivity index (χ3n) is 2.43. The predicted molar refractivity (Wildman–Crippen MR) is 76.0 cm³/mol. The highest BCUT2D eigenvalue weighted by molar-refractivity contribution is 6.30. The van der Waals surface area contributed by atoms with Gasteiger partial charge in [0.2, 0.25) is 5.91 Å². The Morgan fingerprint density at radius 3 is 2.84 bits per heavy atom. The van der Waals surface area contributed by atoms with Crippen molar-refractivity contribution in [2.24, 2.45) is 0 Å². The van der Waals surface area contributed by atoms with E-state index in [-0.39, 0.29) is 12.5 Å². The van der Waals surface area contributed by atoms with Crippen molar-refractivity contribution in [2.75, 3.05) is 11.9 Å². The quantitative estimate of drug-likeness (QED) is 0.881. The van der Waals surface area contributed by atoms with Gasteiger partial charge in [-0.25, -0.2) is 0 Å². The molecular weight excluding hydrogens is 262 g/mol. The first-order chi connectivity index (χ1) is 9.24. The van der Waals surface area contributed by atoms with Gasteiger partial charge in [-0.05, 0) is 30.3 Å². The number of hydrogen-bond donors (Lipinski definition) is 2. The van der Waals surface area contributed by atoms with Gasteiger partial charge < -0.3 is 10.6 Å². The third-order valence-corrected chi connectivity index (χ3v) is 2.66. The molecule has 19 heavy (non-hydrogen) atoms. The Morgan fingerprint density at radius 2 is 2.11 bits per heavy atom. The molecule has 0 aliphatic heterocycles. The minimum absolute atomic E-state index is 0.113. The van der Waals surface area contributed by atoms with Crippen LogP contribution in [0, 0.1) is 0 Å². The molecule has 0 saturated heterocycles. The first-order valence-electron chi connectivity index (χ1n) is 5.90. The number of carbonyl (C=O) groups is 1. The maximum atomic E-state index is 11.7. The van der Waals surface area contributed by atoms with Gasteiger partial charge in [-0.2, -0.15) is 0 Å². The van der Waals surface area contributed by atoms with E-state index in [1.807, 2.05) is 18.2 Å². The van der Waals surface area contributed by atoms with Crippen molar-refractivity contribution in [1.29, 1.82) is 0 Å². The Morgan fingerprint density at radius 1 is 1.21 bits per heavy atom. The molecule has 0 saturated carbocycles. The van der Waals surface area contributed by atoms with Gasteiger partial charge in [-0.15, -0.1) is 0 Å². The van der Waals surface area contributed by atoms with Gasteiger partial charge in [-0.1, -0.05) is 23.7 Å². The first-order valence-corrected chi connectivity index (χ1v) is 6.28. The number of aromatic nitrogens is 1. The van der Waals surface area contributed by atoms with Crippen LogP contribution in [0.2, 0.25) is 5.02 Å². The van der Waals surface area contributed by atoms with E-state index in [1.54, 1.807) is 30.5 Å². The zero-order chi connectivity index (χ0) is 13.5. The number of anilines is 1. The lowest BCUT2D eigenvalue weighted by atomic mass is 10.3. The molecule has 0 atom stereocenters. The number of benzene rings is 1. The highest BCUT2D eigenvalue weighted by Gasteiger charge is 2.02.